The molecule has 96 valence electrons. The van der Waals surface area contributed by atoms with Crippen molar-refractivity contribution >= 4 is 5.91 Å². The van der Waals surface area contributed by atoms with Gasteiger partial charge in [0.1, 0.15) is 0 Å². The van der Waals surface area contributed by atoms with Gasteiger partial charge in [-0.05, 0) is 37.8 Å². The molecule has 0 spiro atoms. The molecule has 0 unspecified atom stereocenters. The first-order valence-electron chi connectivity index (χ1n) is 6.42. The Morgan fingerprint density at radius 2 is 1.44 bits per heavy atom. The van der Waals surface area contributed by atoms with Gasteiger partial charge in [-0.1, -0.05) is 27.7 Å². The minimum absolute atomic E-state index is 0.195. The van der Waals surface area contributed by atoms with Crippen LogP contribution in [0.2, 0.25) is 0 Å². The van der Waals surface area contributed by atoms with E-state index in [0.717, 1.165) is 31.5 Å². The third-order valence-corrected chi connectivity index (χ3v) is 2.72. The van der Waals surface area contributed by atoms with Crippen molar-refractivity contribution in [3.05, 3.63) is 0 Å². The normalized spacial score (nSPS) is 11.7. The molecular formula is C13H28N2O. The lowest BCUT2D eigenvalue weighted by atomic mass is 10.1. The van der Waals surface area contributed by atoms with Gasteiger partial charge in [0.2, 0.25) is 5.91 Å². The Morgan fingerprint density at radius 1 is 1.00 bits per heavy atom. The lowest BCUT2D eigenvalue weighted by Crippen LogP contribution is -2.31. The van der Waals surface area contributed by atoms with E-state index in [1.54, 1.807) is 0 Å². The molecule has 2 N–H and O–H groups in total. The fourth-order valence-corrected chi connectivity index (χ4v) is 1.49. The highest BCUT2D eigenvalue weighted by atomic mass is 16.1. The van der Waals surface area contributed by atoms with E-state index < -0.39 is 0 Å². The molecule has 3 nitrogen and oxygen atoms in total. The average Bonchev–Trinajstić information content (AvgIpc) is 2.15. The molecule has 0 atom stereocenters. The molecule has 0 saturated carbocycles. The molecule has 16 heavy (non-hydrogen) atoms. The Balaban J connectivity index is 3.89. The molecule has 0 aliphatic carbocycles. The number of nitrogens with two attached hydrogens (primary N) is 1. The zero-order chi connectivity index (χ0) is 12.6. The maximum Gasteiger partial charge on any atom is 0.218 e. The molecule has 0 aromatic carbocycles. The number of rotatable bonds is 9. The molecule has 0 radical (unpaired) electrons. The highest BCUT2D eigenvalue weighted by Crippen LogP contribution is 2.06. The van der Waals surface area contributed by atoms with Gasteiger partial charge in [-0.25, -0.2) is 0 Å². The minimum atomic E-state index is -0.195. The molecule has 0 bridgehead atoms. The number of carbonyl (C=O) groups excluding carboxylic acids is 1. The molecule has 0 fully saturated rings. The van der Waals surface area contributed by atoms with Crippen molar-refractivity contribution in [2.24, 2.45) is 17.6 Å². The van der Waals surface area contributed by atoms with Crippen molar-refractivity contribution in [3.63, 3.8) is 0 Å². The monoisotopic (exact) mass is 228 g/mol. The highest BCUT2D eigenvalue weighted by molar-refractivity contribution is 5.73. The first-order chi connectivity index (χ1) is 7.41. The summed E-state index contributed by atoms with van der Waals surface area (Å²) in [7, 11) is 0. The van der Waals surface area contributed by atoms with Gasteiger partial charge >= 0.3 is 0 Å². The number of nitrogens with zero attached hydrogens (tertiary/aromatic N) is 1. The molecular weight excluding hydrogens is 200 g/mol. The average molecular weight is 228 g/mol. The van der Waals surface area contributed by atoms with E-state index in [0.29, 0.717) is 6.42 Å². The van der Waals surface area contributed by atoms with Crippen molar-refractivity contribution in [3.8, 4) is 0 Å². The molecule has 0 aliphatic heterocycles. The number of hydrogen-bond acceptors (Lipinski definition) is 2. The molecule has 0 aliphatic rings. The van der Waals surface area contributed by atoms with Crippen LogP contribution in [0.4, 0.5) is 0 Å². The molecule has 0 aromatic rings. The largest absolute Gasteiger partial charge is 0.370 e. The lowest BCUT2D eigenvalue weighted by Gasteiger charge is -2.23. The van der Waals surface area contributed by atoms with Crippen molar-refractivity contribution in [1.29, 1.82) is 0 Å². The smallest absolute Gasteiger partial charge is 0.218 e. The van der Waals surface area contributed by atoms with E-state index in [1.165, 1.54) is 12.8 Å². The van der Waals surface area contributed by atoms with Crippen LogP contribution < -0.4 is 5.73 Å². The zero-order valence-electron chi connectivity index (χ0n) is 11.3. The van der Waals surface area contributed by atoms with E-state index in [2.05, 4.69) is 32.6 Å². The fraction of sp³-hybridized carbons (Fsp3) is 0.923. The maximum absolute atomic E-state index is 10.8. The van der Waals surface area contributed by atoms with E-state index in [-0.39, 0.29) is 5.91 Å². The second-order valence-electron chi connectivity index (χ2n) is 5.42. The summed E-state index contributed by atoms with van der Waals surface area (Å²) in [5.41, 5.74) is 5.19. The standard InChI is InChI=1S/C13H28N2O/c1-11(2)5-8-15(9-6-12(3)4)10-7-13(14)16/h11-12H,5-10H2,1-4H3,(H2,14,16). The summed E-state index contributed by atoms with van der Waals surface area (Å²) in [6, 6.07) is 0. The molecule has 0 heterocycles. The summed E-state index contributed by atoms with van der Waals surface area (Å²) in [5, 5.41) is 0. The summed E-state index contributed by atoms with van der Waals surface area (Å²) >= 11 is 0. The molecule has 0 rings (SSSR count). The maximum atomic E-state index is 10.8. The minimum Gasteiger partial charge on any atom is -0.370 e. The van der Waals surface area contributed by atoms with E-state index in [9.17, 15) is 4.79 Å². The highest BCUT2D eigenvalue weighted by Gasteiger charge is 2.08. The predicted molar refractivity (Wildman–Crippen MR) is 69.2 cm³/mol. The van der Waals surface area contributed by atoms with E-state index in [1.807, 2.05) is 0 Å². The van der Waals surface area contributed by atoms with Crippen LogP contribution in [0.1, 0.15) is 47.0 Å². The number of carbonyl (C=O) groups is 1. The Bertz CT molecular complexity index is 178. The SMILES string of the molecule is CC(C)CCN(CCC(N)=O)CCC(C)C. The van der Waals surface area contributed by atoms with Gasteiger partial charge in [-0.15, -0.1) is 0 Å². The van der Waals surface area contributed by atoms with Crippen LogP contribution in [0.25, 0.3) is 0 Å². The molecule has 3 heteroatoms. The summed E-state index contributed by atoms with van der Waals surface area (Å²) in [6.45, 7) is 11.9. The Morgan fingerprint density at radius 3 is 1.75 bits per heavy atom. The van der Waals surface area contributed by atoms with Gasteiger partial charge in [-0.3, -0.25) is 4.79 Å². The van der Waals surface area contributed by atoms with Crippen molar-refractivity contribution in [1.82, 2.24) is 4.90 Å². The lowest BCUT2D eigenvalue weighted by molar-refractivity contribution is -0.118. The van der Waals surface area contributed by atoms with Crippen LogP contribution in [0.3, 0.4) is 0 Å². The van der Waals surface area contributed by atoms with Gasteiger partial charge in [0.05, 0.1) is 0 Å². The Kier molecular flexibility index (Phi) is 8.26. The summed E-state index contributed by atoms with van der Waals surface area (Å²) in [6.07, 6.45) is 2.86. The number of amides is 1. The summed E-state index contributed by atoms with van der Waals surface area (Å²) in [5.74, 6) is 1.24. The third kappa shape index (κ3) is 9.97. The zero-order valence-corrected chi connectivity index (χ0v) is 11.3. The number of primary amides is 1. The van der Waals surface area contributed by atoms with Crippen molar-refractivity contribution in [2.75, 3.05) is 19.6 Å². The van der Waals surface area contributed by atoms with Gasteiger partial charge in [-0.2, -0.15) is 0 Å². The van der Waals surface area contributed by atoms with Crippen LogP contribution in [0.5, 0.6) is 0 Å². The van der Waals surface area contributed by atoms with Crippen LogP contribution in [-0.4, -0.2) is 30.4 Å². The van der Waals surface area contributed by atoms with Crippen LogP contribution in [0, 0.1) is 11.8 Å². The van der Waals surface area contributed by atoms with Crippen LogP contribution in [-0.2, 0) is 4.79 Å². The van der Waals surface area contributed by atoms with Gasteiger partial charge in [0.25, 0.3) is 0 Å². The Hall–Kier alpha value is -0.570. The van der Waals surface area contributed by atoms with Crippen LogP contribution in [0.15, 0.2) is 0 Å². The fourth-order valence-electron chi connectivity index (χ4n) is 1.49. The van der Waals surface area contributed by atoms with E-state index >= 15 is 0 Å². The number of hydrogen-bond donors (Lipinski definition) is 1. The van der Waals surface area contributed by atoms with Gasteiger partial charge < -0.3 is 10.6 Å². The second kappa shape index (κ2) is 8.57. The molecule has 0 saturated heterocycles. The van der Waals surface area contributed by atoms with Crippen LogP contribution >= 0.6 is 0 Å². The van der Waals surface area contributed by atoms with Crippen molar-refractivity contribution in [2.45, 2.75) is 47.0 Å². The quantitative estimate of drug-likeness (QED) is 0.658. The van der Waals surface area contributed by atoms with Gasteiger partial charge in [0, 0.05) is 13.0 Å². The topological polar surface area (TPSA) is 46.3 Å². The first-order valence-corrected chi connectivity index (χ1v) is 6.42. The van der Waals surface area contributed by atoms with E-state index in [4.69, 9.17) is 5.73 Å². The predicted octanol–water partition coefficient (Wildman–Crippen LogP) is 2.26. The first kappa shape index (κ1) is 15.4. The summed E-state index contributed by atoms with van der Waals surface area (Å²) in [4.78, 5) is 13.1. The molecule has 1 amide bonds. The van der Waals surface area contributed by atoms with Gasteiger partial charge in [0.15, 0.2) is 0 Å². The third-order valence-electron chi connectivity index (χ3n) is 2.72. The summed E-state index contributed by atoms with van der Waals surface area (Å²) < 4.78 is 0. The van der Waals surface area contributed by atoms with Crippen molar-refractivity contribution < 1.29 is 4.79 Å². The Labute approximate surface area is 100 Å². The second-order valence-corrected chi connectivity index (χ2v) is 5.42. The molecule has 0 aromatic heterocycles.